The molecule has 2 heterocycles. The van der Waals surface area contributed by atoms with Gasteiger partial charge in [0.25, 0.3) is 5.56 Å². The molecule has 0 amide bonds. The van der Waals surface area contributed by atoms with Crippen LogP contribution in [0.15, 0.2) is 39.7 Å². The summed E-state index contributed by atoms with van der Waals surface area (Å²) in [6.45, 7) is 1.85. The zero-order valence-corrected chi connectivity index (χ0v) is 7.20. The molecule has 0 atom stereocenters. The topological polar surface area (TPSA) is 46.0 Å². The van der Waals surface area contributed by atoms with Crippen LogP contribution in [-0.2, 0) is 0 Å². The Morgan fingerprint density at radius 1 is 1.31 bits per heavy atom. The Morgan fingerprint density at radius 3 is 2.77 bits per heavy atom. The van der Waals surface area contributed by atoms with E-state index in [2.05, 4.69) is 4.98 Å². The smallest absolute Gasteiger partial charge is 0.258 e. The molecule has 0 saturated heterocycles. The van der Waals surface area contributed by atoms with Crippen molar-refractivity contribution in [3.05, 3.63) is 46.6 Å². The molecule has 0 unspecified atom stereocenters. The molecule has 0 bridgehead atoms. The van der Waals surface area contributed by atoms with E-state index in [1.54, 1.807) is 24.4 Å². The van der Waals surface area contributed by atoms with Crippen molar-refractivity contribution >= 4 is 0 Å². The number of furan rings is 1. The quantitative estimate of drug-likeness (QED) is 0.719. The highest BCUT2D eigenvalue weighted by molar-refractivity contribution is 5.55. The Bertz CT molecular complexity index is 468. The Balaban J connectivity index is 2.59. The third-order valence-electron chi connectivity index (χ3n) is 1.82. The fourth-order valence-corrected chi connectivity index (χ4v) is 1.19. The number of aryl methyl sites for hydroxylation is 1. The van der Waals surface area contributed by atoms with Crippen molar-refractivity contribution in [3.8, 4) is 11.3 Å². The van der Waals surface area contributed by atoms with E-state index in [0.29, 0.717) is 11.3 Å². The Morgan fingerprint density at radius 2 is 2.15 bits per heavy atom. The van der Waals surface area contributed by atoms with E-state index in [9.17, 15) is 4.79 Å². The first-order chi connectivity index (χ1) is 6.27. The molecule has 2 aromatic heterocycles. The lowest BCUT2D eigenvalue weighted by atomic mass is 10.2. The lowest BCUT2D eigenvalue weighted by molar-refractivity contribution is 0.547. The maximum Gasteiger partial charge on any atom is 0.258 e. The average molecular weight is 175 g/mol. The maximum absolute atomic E-state index is 11.3. The average Bonchev–Trinajstić information content (AvgIpc) is 2.53. The summed E-state index contributed by atoms with van der Waals surface area (Å²) in [6, 6.07) is 7.13. The summed E-state index contributed by atoms with van der Waals surface area (Å²) in [5.74, 6) is 1.41. The standard InChI is InChI=1S/C10H9NO2/c1-7-4-5-9(13-7)8-3-2-6-11-10(8)12/h2-6H,1H3,(H,11,12). The summed E-state index contributed by atoms with van der Waals surface area (Å²) in [5.41, 5.74) is 0.437. The van der Waals surface area contributed by atoms with Gasteiger partial charge >= 0.3 is 0 Å². The molecule has 1 N–H and O–H groups in total. The van der Waals surface area contributed by atoms with Crippen LogP contribution < -0.4 is 5.56 Å². The first-order valence-corrected chi connectivity index (χ1v) is 4.02. The molecule has 0 saturated carbocycles. The minimum atomic E-state index is -0.128. The van der Waals surface area contributed by atoms with E-state index < -0.39 is 0 Å². The predicted octanol–water partition coefficient (Wildman–Crippen LogP) is 1.94. The third-order valence-corrected chi connectivity index (χ3v) is 1.82. The van der Waals surface area contributed by atoms with Crippen LogP contribution in [0.5, 0.6) is 0 Å². The van der Waals surface area contributed by atoms with Crippen molar-refractivity contribution in [1.29, 1.82) is 0 Å². The van der Waals surface area contributed by atoms with Gasteiger partial charge in [-0.1, -0.05) is 0 Å². The summed E-state index contributed by atoms with van der Waals surface area (Å²) in [5, 5.41) is 0. The molecule has 0 aromatic carbocycles. The van der Waals surface area contributed by atoms with Crippen LogP contribution in [-0.4, -0.2) is 4.98 Å². The van der Waals surface area contributed by atoms with Crippen LogP contribution in [0.3, 0.4) is 0 Å². The second-order valence-corrected chi connectivity index (χ2v) is 2.82. The van der Waals surface area contributed by atoms with Gasteiger partial charge in [0.1, 0.15) is 11.5 Å². The van der Waals surface area contributed by atoms with Crippen molar-refractivity contribution in [1.82, 2.24) is 4.98 Å². The second-order valence-electron chi connectivity index (χ2n) is 2.82. The van der Waals surface area contributed by atoms with E-state index in [1.165, 1.54) is 0 Å². The molecule has 0 fully saturated rings. The summed E-state index contributed by atoms with van der Waals surface area (Å²) < 4.78 is 5.33. The van der Waals surface area contributed by atoms with Gasteiger partial charge in [-0.25, -0.2) is 0 Å². The molecule has 3 nitrogen and oxygen atoms in total. The number of aromatic nitrogens is 1. The van der Waals surface area contributed by atoms with Crippen LogP contribution in [0.2, 0.25) is 0 Å². The predicted molar refractivity (Wildman–Crippen MR) is 49.5 cm³/mol. The Kier molecular flexibility index (Phi) is 1.77. The molecule has 66 valence electrons. The summed E-state index contributed by atoms with van der Waals surface area (Å²) in [4.78, 5) is 13.9. The van der Waals surface area contributed by atoms with Crippen molar-refractivity contribution in [2.45, 2.75) is 6.92 Å². The Hall–Kier alpha value is -1.77. The van der Waals surface area contributed by atoms with E-state index in [0.717, 1.165) is 5.76 Å². The van der Waals surface area contributed by atoms with Crippen LogP contribution in [0.25, 0.3) is 11.3 Å². The Labute approximate surface area is 75.0 Å². The van der Waals surface area contributed by atoms with Crippen LogP contribution >= 0.6 is 0 Å². The molecule has 2 aromatic rings. The van der Waals surface area contributed by atoms with Crippen molar-refractivity contribution in [3.63, 3.8) is 0 Å². The zero-order valence-electron chi connectivity index (χ0n) is 7.20. The largest absolute Gasteiger partial charge is 0.461 e. The van der Waals surface area contributed by atoms with Gasteiger partial charge in [0, 0.05) is 6.20 Å². The number of pyridine rings is 1. The van der Waals surface area contributed by atoms with Gasteiger partial charge in [0.15, 0.2) is 0 Å². The second kappa shape index (κ2) is 2.94. The van der Waals surface area contributed by atoms with Gasteiger partial charge in [-0.3, -0.25) is 4.79 Å². The number of rotatable bonds is 1. The molecular weight excluding hydrogens is 166 g/mol. The van der Waals surface area contributed by atoms with Gasteiger partial charge in [-0.2, -0.15) is 0 Å². The molecule has 0 radical (unpaired) electrons. The van der Waals surface area contributed by atoms with Crippen LogP contribution in [0, 0.1) is 6.92 Å². The monoisotopic (exact) mass is 175 g/mol. The van der Waals surface area contributed by atoms with Crippen LogP contribution in [0.1, 0.15) is 5.76 Å². The lowest BCUT2D eigenvalue weighted by Crippen LogP contribution is -2.06. The molecule has 0 aliphatic rings. The normalized spacial score (nSPS) is 10.2. The SMILES string of the molecule is Cc1ccc(-c2ccc[nH]c2=O)o1. The molecule has 0 aliphatic heterocycles. The summed E-state index contributed by atoms with van der Waals surface area (Å²) in [7, 11) is 0. The maximum atomic E-state index is 11.3. The summed E-state index contributed by atoms with van der Waals surface area (Å²) >= 11 is 0. The first kappa shape index (κ1) is 7.86. The lowest BCUT2D eigenvalue weighted by Gasteiger charge is -1.93. The number of aromatic amines is 1. The van der Waals surface area contributed by atoms with Crippen molar-refractivity contribution in [2.24, 2.45) is 0 Å². The van der Waals surface area contributed by atoms with Gasteiger partial charge in [0.2, 0.25) is 0 Å². The van der Waals surface area contributed by atoms with E-state index in [-0.39, 0.29) is 5.56 Å². The van der Waals surface area contributed by atoms with Crippen LogP contribution in [0.4, 0.5) is 0 Å². The minimum absolute atomic E-state index is 0.128. The zero-order chi connectivity index (χ0) is 9.26. The van der Waals surface area contributed by atoms with E-state index in [4.69, 9.17) is 4.42 Å². The highest BCUT2D eigenvalue weighted by Crippen LogP contribution is 2.17. The third kappa shape index (κ3) is 1.40. The van der Waals surface area contributed by atoms with E-state index in [1.807, 2.05) is 13.0 Å². The van der Waals surface area contributed by atoms with Gasteiger partial charge < -0.3 is 9.40 Å². The van der Waals surface area contributed by atoms with Gasteiger partial charge in [-0.05, 0) is 31.2 Å². The van der Waals surface area contributed by atoms with Gasteiger partial charge in [-0.15, -0.1) is 0 Å². The first-order valence-electron chi connectivity index (χ1n) is 4.02. The minimum Gasteiger partial charge on any atom is -0.461 e. The molecular formula is C10H9NO2. The van der Waals surface area contributed by atoms with E-state index >= 15 is 0 Å². The van der Waals surface area contributed by atoms with Crippen molar-refractivity contribution < 1.29 is 4.42 Å². The molecule has 2 rings (SSSR count). The number of hydrogen-bond donors (Lipinski definition) is 1. The van der Waals surface area contributed by atoms with Gasteiger partial charge in [0.05, 0.1) is 5.56 Å². The molecule has 0 aliphatic carbocycles. The van der Waals surface area contributed by atoms with Crippen molar-refractivity contribution in [2.75, 3.05) is 0 Å². The fraction of sp³-hybridized carbons (Fsp3) is 0.100. The number of nitrogens with one attached hydrogen (secondary N) is 1. The molecule has 3 heteroatoms. The fourth-order valence-electron chi connectivity index (χ4n) is 1.19. The highest BCUT2D eigenvalue weighted by Gasteiger charge is 2.05. The number of hydrogen-bond acceptors (Lipinski definition) is 2. The molecule has 0 spiro atoms. The highest BCUT2D eigenvalue weighted by atomic mass is 16.3. The molecule has 13 heavy (non-hydrogen) atoms. The number of H-pyrrole nitrogens is 1. The summed E-state index contributed by atoms with van der Waals surface area (Å²) in [6.07, 6.45) is 1.60.